The molecule has 0 unspecified atom stereocenters. The number of carbonyl (C=O) groups excluding carboxylic acids is 1. The van der Waals surface area contributed by atoms with E-state index in [1.165, 1.54) is 26.1 Å². The standard InChI is InChI=1S/C14H26N2O/c1-11(2)5-6-16-9-14(10-16)7-12(8-14)13(17)15(3)4/h11-12H,5-10H2,1-4H3. The minimum atomic E-state index is 0.317. The van der Waals surface area contributed by atoms with Crippen LogP contribution in [-0.4, -0.2) is 49.4 Å². The number of hydrogen-bond donors (Lipinski definition) is 0. The number of likely N-dealkylation sites (tertiary alicyclic amines) is 1. The van der Waals surface area contributed by atoms with E-state index in [-0.39, 0.29) is 0 Å². The summed E-state index contributed by atoms with van der Waals surface area (Å²) in [5, 5.41) is 0. The third-order valence-corrected chi connectivity index (χ3v) is 4.29. The van der Waals surface area contributed by atoms with Crippen LogP contribution in [0.3, 0.4) is 0 Å². The summed E-state index contributed by atoms with van der Waals surface area (Å²) in [6.45, 7) is 8.27. The van der Waals surface area contributed by atoms with Crippen molar-refractivity contribution in [3.8, 4) is 0 Å². The van der Waals surface area contributed by atoms with E-state index >= 15 is 0 Å². The van der Waals surface area contributed by atoms with Gasteiger partial charge in [0, 0.05) is 33.1 Å². The number of hydrogen-bond acceptors (Lipinski definition) is 2. The summed E-state index contributed by atoms with van der Waals surface area (Å²) in [5.41, 5.74) is 0.521. The third kappa shape index (κ3) is 2.65. The Morgan fingerprint density at radius 3 is 2.41 bits per heavy atom. The normalized spacial score (nSPS) is 23.6. The molecule has 2 fully saturated rings. The van der Waals surface area contributed by atoms with Crippen LogP contribution in [-0.2, 0) is 4.79 Å². The van der Waals surface area contributed by atoms with E-state index < -0.39 is 0 Å². The van der Waals surface area contributed by atoms with Gasteiger partial charge in [-0.05, 0) is 37.1 Å². The zero-order chi connectivity index (χ0) is 12.6. The largest absolute Gasteiger partial charge is 0.349 e. The first kappa shape index (κ1) is 12.9. The fourth-order valence-electron chi connectivity index (χ4n) is 3.28. The molecular formula is C14H26N2O. The second-order valence-corrected chi connectivity index (χ2v) is 6.73. The molecule has 1 heterocycles. The zero-order valence-corrected chi connectivity index (χ0v) is 11.7. The van der Waals surface area contributed by atoms with Gasteiger partial charge in [-0.15, -0.1) is 0 Å². The molecule has 1 spiro atoms. The van der Waals surface area contributed by atoms with Crippen molar-refractivity contribution in [3.63, 3.8) is 0 Å². The van der Waals surface area contributed by atoms with Crippen molar-refractivity contribution in [2.75, 3.05) is 33.7 Å². The maximum absolute atomic E-state index is 11.8. The van der Waals surface area contributed by atoms with E-state index in [0.29, 0.717) is 17.2 Å². The first-order valence-corrected chi connectivity index (χ1v) is 6.85. The fraction of sp³-hybridized carbons (Fsp3) is 0.929. The van der Waals surface area contributed by atoms with Gasteiger partial charge in [-0.3, -0.25) is 4.79 Å². The Bertz CT molecular complexity index is 285. The lowest BCUT2D eigenvalue weighted by Crippen LogP contribution is -2.63. The Balaban J connectivity index is 1.67. The average Bonchev–Trinajstić information content (AvgIpc) is 2.11. The van der Waals surface area contributed by atoms with Crippen LogP contribution < -0.4 is 0 Å². The van der Waals surface area contributed by atoms with E-state index in [9.17, 15) is 4.79 Å². The molecule has 0 N–H and O–H groups in total. The number of carbonyl (C=O) groups is 1. The predicted molar refractivity (Wildman–Crippen MR) is 69.7 cm³/mol. The van der Waals surface area contributed by atoms with E-state index in [4.69, 9.17) is 0 Å². The molecule has 1 aliphatic carbocycles. The molecular weight excluding hydrogens is 212 g/mol. The molecule has 17 heavy (non-hydrogen) atoms. The van der Waals surface area contributed by atoms with Crippen molar-refractivity contribution >= 4 is 5.91 Å². The van der Waals surface area contributed by atoms with Gasteiger partial charge in [-0.25, -0.2) is 0 Å². The number of rotatable bonds is 4. The van der Waals surface area contributed by atoms with Gasteiger partial charge in [0.05, 0.1) is 0 Å². The van der Waals surface area contributed by atoms with Gasteiger partial charge in [-0.2, -0.15) is 0 Å². The topological polar surface area (TPSA) is 23.6 Å². The molecule has 0 aromatic rings. The molecule has 2 aliphatic rings. The SMILES string of the molecule is CC(C)CCN1CC2(CC(C(=O)N(C)C)C2)C1. The first-order chi connectivity index (χ1) is 7.92. The van der Waals surface area contributed by atoms with Crippen LogP contribution >= 0.6 is 0 Å². The van der Waals surface area contributed by atoms with Crippen molar-refractivity contribution in [2.45, 2.75) is 33.1 Å². The Hall–Kier alpha value is -0.570. The van der Waals surface area contributed by atoms with Gasteiger partial charge in [0.15, 0.2) is 0 Å². The van der Waals surface area contributed by atoms with Crippen LogP contribution in [0, 0.1) is 17.3 Å². The maximum Gasteiger partial charge on any atom is 0.225 e. The van der Waals surface area contributed by atoms with Crippen LogP contribution in [0.4, 0.5) is 0 Å². The fourth-order valence-corrected chi connectivity index (χ4v) is 3.28. The molecule has 0 aromatic carbocycles. The molecule has 3 nitrogen and oxygen atoms in total. The Morgan fingerprint density at radius 1 is 1.35 bits per heavy atom. The average molecular weight is 238 g/mol. The van der Waals surface area contributed by atoms with Gasteiger partial charge in [0.1, 0.15) is 0 Å². The molecule has 1 saturated heterocycles. The van der Waals surface area contributed by atoms with E-state index in [2.05, 4.69) is 18.7 Å². The summed E-state index contributed by atoms with van der Waals surface area (Å²) < 4.78 is 0. The Morgan fingerprint density at radius 2 is 1.94 bits per heavy atom. The number of amides is 1. The van der Waals surface area contributed by atoms with E-state index in [1.807, 2.05) is 14.1 Å². The lowest BCUT2D eigenvalue weighted by molar-refractivity contribution is -0.152. The Labute approximate surface area is 105 Å². The summed E-state index contributed by atoms with van der Waals surface area (Å²) in [6.07, 6.45) is 3.56. The summed E-state index contributed by atoms with van der Waals surface area (Å²) >= 11 is 0. The van der Waals surface area contributed by atoms with Gasteiger partial charge in [0.2, 0.25) is 5.91 Å². The highest BCUT2D eigenvalue weighted by Gasteiger charge is 2.54. The van der Waals surface area contributed by atoms with Crippen LogP contribution in [0.2, 0.25) is 0 Å². The second kappa shape index (κ2) is 4.60. The van der Waals surface area contributed by atoms with E-state index in [0.717, 1.165) is 18.8 Å². The van der Waals surface area contributed by atoms with Gasteiger partial charge < -0.3 is 9.80 Å². The monoisotopic (exact) mass is 238 g/mol. The van der Waals surface area contributed by atoms with E-state index in [1.54, 1.807) is 4.90 Å². The van der Waals surface area contributed by atoms with Crippen LogP contribution in [0.15, 0.2) is 0 Å². The molecule has 0 atom stereocenters. The molecule has 98 valence electrons. The molecule has 3 heteroatoms. The minimum absolute atomic E-state index is 0.317. The van der Waals surface area contributed by atoms with Crippen molar-refractivity contribution in [1.82, 2.24) is 9.80 Å². The van der Waals surface area contributed by atoms with Crippen molar-refractivity contribution in [2.24, 2.45) is 17.3 Å². The van der Waals surface area contributed by atoms with Gasteiger partial charge in [0.25, 0.3) is 0 Å². The highest BCUT2D eigenvalue weighted by molar-refractivity contribution is 5.79. The number of nitrogens with zero attached hydrogens (tertiary/aromatic N) is 2. The highest BCUT2D eigenvalue weighted by Crippen LogP contribution is 2.52. The lowest BCUT2D eigenvalue weighted by atomic mass is 9.57. The molecule has 0 radical (unpaired) electrons. The summed E-state index contributed by atoms with van der Waals surface area (Å²) in [5.74, 6) is 1.45. The molecule has 1 amide bonds. The predicted octanol–water partition coefficient (Wildman–Crippen LogP) is 1.83. The summed E-state index contributed by atoms with van der Waals surface area (Å²) in [6, 6.07) is 0. The van der Waals surface area contributed by atoms with Gasteiger partial charge >= 0.3 is 0 Å². The summed E-state index contributed by atoms with van der Waals surface area (Å²) in [4.78, 5) is 16.1. The van der Waals surface area contributed by atoms with Gasteiger partial charge in [-0.1, -0.05) is 13.8 Å². The van der Waals surface area contributed by atoms with Crippen LogP contribution in [0.5, 0.6) is 0 Å². The third-order valence-electron chi connectivity index (χ3n) is 4.29. The smallest absolute Gasteiger partial charge is 0.225 e. The van der Waals surface area contributed by atoms with Crippen molar-refractivity contribution < 1.29 is 4.79 Å². The molecule has 2 rings (SSSR count). The lowest BCUT2D eigenvalue weighted by Gasteiger charge is -2.59. The quantitative estimate of drug-likeness (QED) is 0.746. The first-order valence-electron chi connectivity index (χ1n) is 6.85. The molecule has 0 aromatic heterocycles. The minimum Gasteiger partial charge on any atom is -0.349 e. The molecule has 0 bridgehead atoms. The maximum atomic E-state index is 11.8. The molecule has 1 saturated carbocycles. The van der Waals surface area contributed by atoms with Crippen LogP contribution in [0.1, 0.15) is 33.1 Å². The van der Waals surface area contributed by atoms with Crippen molar-refractivity contribution in [1.29, 1.82) is 0 Å². The zero-order valence-electron chi connectivity index (χ0n) is 11.7. The highest BCUT2D eigenvalue weighted by atomic mass is 16.2. The Kier molecular flexibility index (Phi) is 3.48. The van der Waals surface area contributed by atoms with Crippen LogP contribution in [0.25, 0.3) is 0 Å². The second-order valence-electron chi connectivity index (χ2n) is 6.73. The molecule has 1 aliphatic heterocycles. The summed E-state index contributed by atoms with van der Waals surface area (Å²) in [7, 11) is 3.73. The van der Waals surface area contributed by atoms with Crippen molar-refractivity contribution in [3.05, 3.63) is 0 Å².